The van der Waals surface area contributed by atoms with E-state index in [4.69, 9.17) is 4.74 Å². The Morgan fingerprint density at radius 2 is 2.00 bits per heavy atom. The molecule has 3 saturated carbocycles. The molecule has 1 heterocycles. The van der Waals surface area contributed by atoms with Gasteiger partial charge in [0, 0.05) is 23.4 Å². The number of aryl methyl sites for hydroxylation is 1. The van der Waals surface area contributed by atoms with Gasteiger partial charge in [0.05, 0.1) is 7.11 Å². The molecule has 20 heavy (non-hydrogen) atoms. The van der Waals surface area contributed by atoms with Crippen molar-refractivity contribution in [3.05, 3.63) is 23.4 Å². The van der Waals surface area contributed by atoms with Crippen molar-refractivity contribution in [3.8, 4) is 5.88 Å². The third-order valence-electron chi connectivity index (χ3n) is 5.00. The molecule has 1 amide bonds. The van der Waals surface area contributed by atoms with Gasteiger partial charge < -0.3 is 10.1 Å². The molecule has 4 rings (SSSR count). The van der Waals surface area contributed by atoms with Crippen LogP contribution in [-0.4, -0.2) is 23.5 Å². The Labute approximate surface area is 119 Å². The molecule has 1 aromatic rings. The van der Waals surface area contributed by atoms with E-state index in [1.54, 1.807) is 19.4 Å². The molecule has 0 aromatic carbocycles. The second kappa shape index (κ2) is 5.08. The number of methoxy groups -OCH3 is 1. The molecule has 0 saturated heterocycles. The van der Waals surface area contributed by atoms with E-state index >= 15 is 0 Å². The van der Waals surface area contributed by atoms with Crippen LogP contribution in [0.15, 0.2) is 12.3 Å². The lowest BCUT2D eigenvalue weighted by atomic mass is 9.66. The first-order valence-corrected chi connectivity index (χ1v) is 7.45. The molecular formula is C16H22N2O2. The standard InChI is InChI=1S/C16H22N2O2/c1-11-10-17-14(20-2)9-13(11)15(19)18-16-6-3-12(4-7-16)5-8-16/h9-10,12H,3-8H2,1-2H3,(H,18,19). The fraction of sp³-hybridized carbons (Fsp3) is 0.625. The number of aromatic nitrogens is 1. The molecule has 4 heteroatoms. The highest BCUT2D eigenvalue weighted by molar-refractivity contribution is 5.96. The molecule has 3 aliphatic carbocycles. The zero-order valence-electron chi connectivity index (χ0n) is 12.2. The number of ether oxygens (including phenoxy) is 1. The lowest BCUT2D eigenvalue weighted by Crippen LogP contribution is -2.53. The van der Waals surface area contributed by atoms with Gasteiger partial charge in [-0.15, -0.1) is 0 Å². The van der Waals surface area contributed by atoms with Crippen LogP contribution in [0.1, 0.15) is 54.4 Å². The fourth-order valence-electron chi connectivity index (χ4n) is 3.61. The van der Waals surface area contributed by atoms with Gasteiger partial charge >= 0.3 is 0 Å². The highest BCUT2D eigenvalue weighted by Gasteiger charge is 2.41. The Kier molecular flexibility index (Phi) is 3.40. The van der Waals surface area contributed by atoms with E-state index in [0.717, 1.165) is 30.7 Å². The Morgan fingerprint density at radius 1 is 1.35 bits per heavy atom. The number of hydrogen-bond acceptors (Lipinski definition) is 3. The van der Waals surface area contributed by atoms with E-state index in [-0.39, 0.29) is 11.4 Å². The summed E-state index contributed by atoms with van der Waals surface area (Å²) in [5.74, 6) is 1.41. The summed E-state index contributed by atoms with van der Waals surface area (Å²) in [5, 5.41) is 3.31. The number of carbonyl (C=O) groups is 1. The first-order chi connectivity index (χ1) is 9.62. The van der Waals surface area contributed by atoms with Crippen molar-refractivity contribution in [1.82, 2.24) is 10.3 Å². The number of carbonyl (C=O) groups excluding carboxylic acids is 1. The lowest BCUT2D eigenvalue weighted by Gasteiger charge is -2.47. The van der Waals surface area contributed by atoms with Crippen LogP contribution >= 0.6 is 0 Å². The van der Waals surface area contributed by atoms with Gasteiger partial charge in [-0.1, -0.05) is 0 Å². The van der Waals surface area contributed by atoms with Crippen LogP contribution in [0.5, 0.6) is 5.88 Å². The second-order valence-electron chi connectivity index (χ2n) is 6.26. The maximum absolute atomic E-state index is 12.6. The summed E-state index contributed by atoms with van der Waals surface area (Å²) in [4.78, 5) is 16.7. The van der Waals surface area contributed by atoms with Gasteiger partial charge in [0.2, 0.25) is 5.88 Å². The van der Waals surface area contributed by atoms with Crippen molar-refractivity contribution in [2.75, 3.05) is 7.11 Å². The first kappa shape index (κ1) is 13.4. The van der Waals surface area contributed by atoms with Crippen molar-refractivity contribution < 1.29 is 9.53 Å². The minimum absolute atomic E-state index is 0.0172. The predicted molar refractivity (Wildman–Crippen MR) is 76.9 cm³/mol. The number of pyridine rings is 1. The van der Waals surface area contributed by atoms with Gasteiger partial charge in [-0.25, -0.2) is 4.98 Å². The van der Waals surface area contributed by atoms with Crippen molar-refractivity contribution >= 4 is 5.91 Å². The van der Waals surface area contributed by atoms with Crippen LogP contribution in [0.3, 0.4) is 0 Å². The number of hydrogen-bond donors (Lipinski definition) is 1. The molecule has 0 unspecified atom stereocenters. The molecule has 4 nitrogen and oxygen atoms in total. The molecule has 0 atom stereocenters. The maximum atomic E-state index is 12.6. The average Bonchev–Trinajstić information content (AvgIpc) is 2.49. The minimum atomic E-state index is 0.0172. The fourth-order valence-corrected chi connectivity index (χ4v) is 3.61. The quantitative estimate of drug-likeness (QED) is 0.922. The summed E-state index contributed by atoms with van der Waals surface area (Å²) in [6.07, 6.45) is 8.87. The molecular weight excluding hydrogens is 252 g/mol. The van der Waals surface area contributed by atoms with Gasteiger partial charge in [0.25, 0.3) is 5.91 Å². The van der Waals surface area contributed by atoms with Gasteiger partial charge in [-0.3, -0.25) is 4.79 Å². The summed E-state index contributed by atoms with van der Waals surface area (Å²) in [5.41, 5.74) is 1.61. The number of amides is 1. The summed E-state index contributed by atoms with van der Waals surface area (Å²) in [7, 11) is 1.57. The second-order valence-corrected chi connectivity index (χ2v) is 6.26. The third-order valence-corrected chi connectivity index (χ3v) is 5.00. The maximum Gasteiger partial charge on any atom is 0.252 e. The van der Waals surface area contributed by atoms with Crippen LogP contribution in [0, 0.1) is 12.8 Å². The molecule has 108 valence electrons. The van der Waals surface area contributed by atoms with Crippen molar-refractivity contribution in [1.29, 1.82) is 0 Å². The summed E-state index contributed by atoms with van der Waals surface area (Å²) >= 11 is 0. The largest absolute Gasteiger partial charge is 0.481 e. The summed E-state index contributed by atoms with van der Waals surface area (Å²) < 4.78 is 5.12. The summed E-state index contributed by atoms with van der Waals surface area (Å²) in [6, 6.07) is 1.73. The van der Waals surface area contributed by atoms with Crippen LogP contribution in [-0.2, 0) is 0 Å². The van der Waals surface area contributed by atoms with E-state index in [1.807, 2.05) is 6.92 Å². The van der Waals surface area contributed by atoms with Gasteiger partial charge in [-0.05, 0) is 56.9 Å². The zero-order valence-corrected chi connectivity index (χ0v) is 12.2. The van der Waals surface area contributed by atoms with Crippen molar-refractivity contribution in [2.45, 2.75) is 51.0 Å². The van der Waals surface area contributed by atoms with Crippen LogP contribution in [0.4, 0.5) is 0 Å². The average molecular weight is 274 g/mol. The summed E-state index contributed by atoms with van der Waals surface area (Å²) in [6.45, 7) is 1.91. The molecule has 1 N–H and O–H groups in total. The monoisotopic (exact) mass is 274 g/mol. The predicted octanol–water partition coefficient (Wildman–Crippen LogP) is 2.85. The molecule has 3 aliphatic rings. The number of nitrogens with zero attached hydrogens (tertiary/aromatic N) is 1. The highest BCUT2D eigenvalue weighted by Crippen LogP contribution is 2.44. The van der Waals surface area contributed by atoms with E-state index < -0.39 is 0 Å². The van der Waals surface area contributed by atoms with E-state index in [0.29, 0.717) is 11.4 Å². The molecule has 0 spiro atoms. The topological polar surface area (TPSA) is 51.2 Å². The van der Waals surface area contributed by atoms with Crippen LogP contribution in [0.2, 0.25) is 0 Å². The third kappa shape index (κ3) is 2.39. The lowest BCUT2D eigenvalue weighted by molar-refractivity contribution is 0.0713. The number of rotatable bonds is 3. The molecule has 3 fully saturated rings. The molecule has 0 aliphatic heterocycles. The van der Waals surface area contributed by atoms with Crippen molar-refractivity contribution in [3.63, 3.8) is 0 Å². The molecule has 1 aromatic heterocycles. The smallest absolute Gasteiger partial charge is 0.252 e. The highest BCUT2D eigenvalue weighted by atomic mass is 16.5. The Balaban J connectivity index is 1.79. The minimum Gasteiger partial charge on any atom is -0.481 e. The molecule has 2 bridgehead atoms. The SMILES string of the molecule is COc1cc(C(=O)NC23CCC(CC2)CC3)c(C)cn1. The van der Waals surface area contributed by atoms with Crippen LogP contribution < -0.4 is 10.1 Å². The Morgan fingerprint density at radius 3 is 2.60 bits per heavy atom. The normalized spacial score (nSPS) is 28.2. The molecule has 0 radical (unpaired) electrons. The van der Waals surface area contributed by atoms with E-state index in [9.17, 15) is 4.79 Å². The Hall–Kier alpha value is -1.58. The Bertz CT molecular complexity index is 505. The van der Waals surface area contributed by atoms with E-state index in [1.165, 1.54) is 19.3 Å². The van der Waals surface area contributed by atoms with Gasteiger partial charge in [0.15, 0.2) is 0 Å². The van der Waals surface area contributed by atoms with Gasteiger partial charge in [0.1, 0.15) is 0 Å². The van der Waals surface area contributed by atoms with Gasteiger partial charge in [-0.2, -0.15) is 0 Å². The number of fused-ring (bicyclic) bond motifs is 3. The van der Waals surface area contributed by atoms with E-state index in [2.05, 4.69) is 10.3 Å². The zero-order chi connectivity index (χ0) is 14.2. The van der Waals surface area contributed by atoms with Crippen LogP contribution in [0.25, 0.3) is 0 Å². The van der Waals surface area contributed by atoms with Crippen molar-refractivity contribution in [2.24, 2.45) is 5.92 Å². The number of nitrogens with one attached hydrogen (secondary N) is 1. The first-order valence-electron chi connectivity index (χ1n) is 7.45.